The van der Waals surface area contributed by atoms with Crippen LogP contribution in [0.2, 0.25) is 0 Å². The molecular formula is C16H20N2O2. The molecule has 0 aliphatic heterocycles. The molecule has 1 N–H and O–H groups in total. The Labute approximate surface area is 119 Å². The fraction of sp³-hybridized carbons (Fsp3) is 0.375. The molecule has 0 aliphatic carbocycles. The minimum Gasteiger partial charge on any atom is -0.396 e. The third-order valence-electron chi connectivity index (χ3n) is 3.32. The lowest BCUT2D eigenvalue weighted by molar-refractivity contribution is 0.0689. The fourth-order valence-electron chi connectivity index (χ4n) is 2.26. The molecule has 2 rings (SSSR count). The van der Waals surface area contributed by atoms with Gasteiger partial charge in [-0.15, -0.1) is 0 Å². The maximum absolute atomic E-state index is 12.7. The molecular weight excluding hydrogens is 252 g/mol. The number of hydrogen-bond acceptors (Lipinski definition) is 3. The molecule has 0 spiro atoms. The second-order valence-electron chi connectivity index (χ2n) is 5.05. The summed E-state index contributed by atoms with van der Waals surface area (Å²) < 4.78 is 0. The molecule has 0 aliphatic rings. The van der Waals surface area contributed by atoms with Crippen LogP contribution in [0.1, 0.15) is 30.8 Å². The van der Waals surface area contributed by atoms with E-state index in [9.17, 15) is 4.79 Å². The van der Waals surface area contributed by atoms with Crippen LogP contribution < -0.4 is 0 Å². The summed E-state index contributed by atoms with van der Waals surface area (Å²) in [5.74, 6) is -0.0785. The van der Waals surface area contributed by atoms with Crippen molar-refractivity contribution in [1.29, 1.82) is 0 Å². The Morgan fingerprint density at radius 3 is 2.75 bits per heavy atom. The normalized spacial score (nSPS) is 11.0. The SMILES string of the molecule is CC(C)N(CCCO)C(=O)c1nccc2ccccc12. The van der Waals surface area contributed by atoms with E-state index in [2.05, 4.69) is 4.98 Å². The molecule has 0 bridgehead atoms. The van der Waals surface area contributed by atoms with Crippen molar-refractivity contribution in [1.82, 2.24) is 9.88 Å². The summed E-state index contributed by atoms with van der Waals surface area (Å²) in [5, 5.41) is 10.8. The van der Waals surface area contributed by atoms with Crippen LogP contribution in [0.15, 0.2) is 36.5 Å². The van der Waals surface area contributed by atoms with Gasteiger partial charge in [0, 0.05) is 30.8 Å². The minimum atomic E-state index is -0.0785. The van der Waals surface area contributed by atoms with Gasteiger partial charge in [-0.05, 0) is 31.7 Å². The quantitative estimate of drug-likeness (QED) is 0.909. The van der Waals surface area contributed by atoms with E-state index in [-0.39, 0.29) is 18.6 Å². The lowest BCUT2D eigenvalue weighted by Crippen LogP contribution is -2.38. The highest BCUT2D eigenvalue weighted by Gasteiger charge is 2.21. The Hall–Kier alpha value is -1.94. The highest BCUT2D eigenvalue weighted by Crippen LogP contribution is 2.18. The first kappa shape index (κ1) is 14.5. The van der Waals surface area contributed by atoms with Crippen LogP contribution in [0.5, 0.6) is 0 Å². The maximum atomic E-state index is 12.7. The summed E-state index contributed by atoms with van der Waals surface area (Å²) >= 11 is 0. The van der Waals surface area contributed by atoms with Gasteiger partial charge >= 0.3 is 0 Å². The van der Waals surface area contributed by atoms with E-state index in [4.69, 9.17) is 5.11 Å². The molecule has 1 aromatic carbocycles. The topological polar surface area (TPSA) is 53.4 Å². The number of pyridine rings is 1. The number of nitrogens with zero attached hydrogens (tertiary/aromatic N) is 2. The van der Waals surface area contributed by atoms with E-state index in [0.717, 1.165) is 10.8 Å². The summed E-state index contributed by atoms with van der Waals surface area (Å²) in [5.41, 5.74) is 0.481. The van der Waals surface area contributed by atoms with Gasteiger partial charge in [0.2, 0.25) is 0 Å². The molecule has 20 heavy (non-hydrogen) atoms. The molecule has 1 aromatic heterocycles. The molecule has 4 nitrogen and oxygen atoms in total. The van der Waals surface area contributed by atoms with Crippen LogP contribution in [0.4, 0.5) is 0 Å². The summed E-state index contributed by atoms with van der Waals surface area (Å²) in [6, 6.07) is 9.73. The maximum Gasteiger partial charge on any atom is 0.273 e. The fourth-order valence-corrected chi connectivity index (χ4v) is 2.26. The molecule has 0 fully saturated rings. The number of rotatable bonds is 5. The zero-order chi connectivity index (χ0) is 14.5. The summed E-state index contributed by atoms with van der Waals surface area (Å²) in [6.45, 7) is 4.57. The Bertz CT molecular complexity index is 591. The number of aromatic nitrogens is 1. The van der Waals surface area contributed by atoms with Gasteiger partial charge in [-0.2, -0.15) is 0 Å². The van der Waals surface area contributed by atoms with Crippen LogP contribution in [0.3, 0.4) is 0 Å². The second-order valence-corrected chi connectivity index (χ2v) is 5.05. The van der Waals surface area contributed by atoms with Gasteiger partial charge in [0.15, 0.2) is 0 Å². The van der Waals surface area contributed by atoms with Gasteiger partial charge in [-0.3, -0.25) is 9.78 Å². The Morgan fingerprint density at radius 2 is 2.05 bits per heavy atom. The van der Waals surface area contributed by atoms with Gasteiger partial charge in [0.05, 0.1) is 0 Å². The Morgan fingerprint density at radius 1 is 1.30 bits per heavy atom. The van der Waals surface area contributed by atoms with E-state index in [0.29, 0.717) is 18.7 Å². The van der Waals surface area contributed by atoms with Crippen molar-refractivity contribution in [3.05, 3.63) is 42.2 Å². The average Bonchev–Trinajstić information content (AvgIpc) is 2.46. The molecule has 2 aromatic rings. The zero-order valence-corrected chi connectivity index (χ0v) is 11.9. The molecule has 0 radical (unpaired) electrons. The molecule has 0 saturated carbocycles. The molecule has 0 unspecified atom stereocenters. The second kappa shape index (κ2) is 6.48. The number of fused-ring (bicyclic) bond motifs is 1. The number of carbonyl (C=O) groups excluding carboxylic acids is 1. The number of benzene rings is 1. The van der Waals surface area contributed by atoms with E-state index >= 15 is 0 Å². The molecule has 1 amide bonds. The van der Waals surface area contributed by atoms with Crippen molar-refractivity contribution < 1.29 is 9.90 Å². The first-order chi connectivity index (χ1) is 9.65. The van der Waals surface area contributed by atoms with Crippen LogP contribution in [0, 0.1) is 0 Å². The number of amides is 1. The van der Waals surface area contributed by atoms with Gasteiger partial charge in [-0.25, -0.2) is 0 Å². The van der Waals surface area contributed by atoms with E-state index < -0.39 is 0 Å². The number of hydrogen-bond donors (Lipinski definition) is 1. The van der Waals surface area contributed by atoms with Gasteiger partial charge in [0.1, 0.15) is 5.69 Å². The van der Waals surface area contributed by atoms with Crippen LogP contribution in [0.25, 0.3) is 10.8 Å². The summed E-state index contributed by atoms with van der Waals surface area (Å²) in [7, 11) is 0. The standard InChI is InChI=1S/C16H20N2O2/c1-12(2)18(10-5-11-19)16(20)15-14-7-4-3-6-13(14)8-9-17-15/h3-4,6-9,12,19H,5,10-11H2,1-2H3. The number of carbonyl (C=O) groups is 1. The molecule has 0 saturated heterocycles. The lowest BCUT2D eigenvalue weighted by atomic mass is 10.1. The molecule has 4 heteroatoms. The van der Waals surface area contributed by atoms with Crippen molar-refractivity contribution in [2.24, 2.45) is 0 Å². The van der Waals surface area contributed by atoms with Crippen molar-refractivity contribution in [3.8, 4) is 0 Å². The van der Waals surface area contributed by atoms with Crippen molar-refractivity contribution >= 4 is 16.7 Å². The van der Waals surface area contributed by atoms with Gasteiger partial charge in [-0.1, -0.05) is 24.3 Å². The number of aliphatic hydroxyl groups is 1. The van der Waals surface area contributed by atoms with Crippen molar-refractivity contribution in [2.75, 3.05) is 13.2 Å². The summed E-state index contributed by atoms with van der Waals surface area (Å²) in [4.78, 5) is 18.7. The van der Waals surface area contributed by atoms with Gasteiger partial charge < -0.3 is 10.0 Å². The van der Waals surface area contributed by atoms with E-state index in [1.165, 1.54) is 0 Å². The third-order valence-corrected chi connectivity index (χ3v) is 3.32. The molecule has 1 heterocycles. The average molecular weight is 272 g/mol. The largest absolute Gasteiger partial charge is 0.396 e. The Kier molecular flexibility index (Phi) is 4.69. The molecule has 0 atom stereocenters. The van der Waals surface area contributed by atoms with Crippen molar-refractivity contribution in [2.45, 2.75) is 26.3 Å². The molecule has 106 valence electrons. The zero-order valence-electron chi connectivity index (χ0n) is 11.9. The first-order valence-electron chi connectivity index (χ1n) is 6.90. The smallest absolute Gasteiger partial charge is 0.273 e. The highest BCUT2D eigenvalue weighted by molar-refractivity contribution is 6.05. The van der Waals surface area contributed by atoms with Crippen LogP contribution >= 0.6 is 0 Å². The predicted molar refractivity (Wildman–Crippen MR) is 79.6 cm³/mol. The van der Waals surface area contributed by atoms with E-state index in [1.807, 2.05) is 44.2 Å². The van der Waals surface area contributed by atoms with E-state index in [1.54, 1.807) is 11.1 Å². The van der Waals surface area contributed by atoms with Crippen molar-refractivity contribution in [3.63, 3.8) is 0 Å². The van der Waals surface area contributed by atoms with Crippen LogP contribution in [-0.2, 0) is 0 Å². The monoisotopic (exact) mass is 272 g/mol. The predicted octanol–water partition coefficient (Wildman–Crippen LogP) is 2.47. The summed E-state index contributed by atoms with van der Waals surface area (Å²) in [6.07, 6.45) is 2.24. The highest BCUT2D eigenvalue weighted by atomic mass is 16.3. The Balaban J connectivity index is 2.38. The minimum absolute atomic E-state index is 0.0785. The lowest BCUT2D eigenvalue weighted by Gasteiger charge is -2.26. The number of aliphatic hydroxyl groups excluding tert-OH is 1. The van der Waals surface area contributed by atoms with Gasteiger partial charge in [0.25, 0.3) is 5.91 Å². The first-order valence-corrected chi connectivity index (χ1v) is 6.90. The third kappa shape index (κ3) is 2.96. The van der Waals surface area contributed by atoms with Crippen LogP contribution in [-0.4, -0.2) is 40.1 Å².